The van der Waals surface area contributed by atoms with Crippen molar-refractivity contribution in [1.82, 2.24) is 0 Å². The topological polar surface area (TPSA) is 37.3 Å². The predicted octanol–water partition coefficient (Wildman–Crippen LogP) is 1.74. The highest BCUT2D eigenvalue weighted by atomic mass is 32.2. The van der Waals surface area contributed by atoms with E-state index in [-0.39, 0.29) is 6.10 Å². The van der Waals surface area contributed by atoms with Crippen LogP contribution < -0.4 is 0 Å². The lowest BCUT2D eigenvalue weighted by Gasteiger charge is -2.05. The van der Waals surface area contributed by atoms with E-state index in [0.29, 0.717) is 12.2 Å². The fraction of sp³-hybridized carbons (Fsp3) is 0.455. The molecule has 1 unspecified atom stereocenters. The Balaban J connectivity index is 2.73. The van der Waals surface area contributed by atoms with Gasteiger partial charge in [0.2, 0.25) is 0 Å². The summed E-state index contributed by atoms with van der Waals surface area (Å²) in [6, 6.07) is 7.60. The van der Waals surface area contributed by atoms with Gasteiger partial charge in [-0.2, -0.15) is 0 Å². The first-order valence-electron chi connectivity index (χ1n) is 4.79. The minimum Gasteiger partial charge on any atom is -0.393 e. The lowest BCUT2D eigenvalue weighted by molar-refractivity contribution is 0.195. The first kappa shape index (κ1) is 11.4. The number of aliphatic hydroxyl groups excluding tert-OH is 1. The summed E-state index contributed by atoms with van der Waals surface area (Å²) in [5.41, 5.74) is 1.08. The van der Waals surface area contributed by atoms with Crippen molar-refractivity contribution in [2.45, 2.75) is 31.3 Å². The highest BCUT2D eigenvalue weighted by Crippen LogP contribution is 2.10. The van der Waals surface area contributed by atoms with Gasteiger partial charge in [-0.15, -0.1) is 0 Å². The van der Waals surface area contributed by atoms with Crippen LogP contribution in [-0.2, 0) is 17.2 Å². The molecule has 0 heterocycles. The molecule has 0 bridgehead atoms. The molecule has 1 N–H and O–H groups in total. The summed E-state index contributed by atoms with van der Waals surface area (Å²) in [7, 11) is -0.874. The van der Waals surface area contributed by atoms with Gasteiger partial charge in [0.15, 0.2) is 0 Å². The summed E-state index contributed by atoms with van der Waals surface area (Å²) in [5, 5.41) is 9.17. The van der Waals surface area contributed by atoms with E-state index < -0.39 is 10.8 Å². The van der Waals surface area contributed by atoms with Gasteiger partial charge in [-0.1, -0.05) is 19.1 Å². The second-order valence-electron chi connectivity index (χ2n) is 3.33. The third-order valence-electron chi connectivity index (χ3n) is 1.98. The average molecular weight is 212 g/mol. The van der Waals surface area contributed by atoms with Crippen LogP contribution in [0, 0.1) is 0 Å². The van der Waals surface area contributed by atoms with Crippen molar-refractivity contribution in [3.63, 3.8) is 0 Å². The molecule has 0 aliphatic carbocycles. The third-order valence-corrected chi connectivity index (χ3v) is 3.30. The largest absolute Gasteiger partial charge is 0.393 e. The molecule has 0 aliphatic heterocycles. The maximum absolute atomic E-state index is 11.4. The van der Waals surface area contributed by atoms with E-state index in [9.17, 15) is 9.32 Å². The highest BCUT2D eigenvalue weighted by Gasteiger charge is 2.02. The molecule has 0 radical (unpaired) electrons. The average Bonchev–Trinajstić information content (AvgIpc) is 2.17. The maximum atomic E-state index is 11.4. The molecule has 1 rings (SSSR count). The minimum atomic E-state index is -0.874. The minimum absolute atomic E-state index is 0.322. The SMILES string of the molecule is CCS(=O)c1ccc(C[C@H](C)O)cc1. The molecule has 0 saturated carbocycles. The summed E-state index contributed by atoms with van der Waals surface area (Å²) in [5.74, 6) is 0.649. The second-order valence-corrected chi connectivity index (χ2v) is 5.07. The molecule has 14 heavy (non-hydrogen) atoms. The Hall–Kier alpha value is -0.670. The lowest BCUT2D eigenvalue weighted by Crippen LogP contribution is -2.04. The van der Waals surface area contributed by atoms with Gasteiger partial charge in [0, 0.05) is 10.6 Å². The Morgan fingerprint density at radius 1 is 1.36 bits per heavy atom. The quantitative estimate of drug-likeness (QED) is 0.825. The van der Waals surface area contributed by atoms with Gasteiger partial charge in [-0.3, -0.25) is 4.21 Å². The Morgan fingerprint density at radius 2 is 1.93 bits per heavy atom. The maximum Gasteiger partial charge on any atom is 0.0552 e. The summed E-state index contributed by atoms with van der Waals surface area (Å²) < 4.78 is 11.4. The van der Waals surface area contributed by atoms with E-state index in [2.05, 4.69) is 0 Å². The van der Waals surface area contributed by atoms with E-state index >= 15 is 0 Å². The smallest absolute Gasteiger partial charge is 0.0552 e. The Labute approximate surface area is 87.4 Å². The van der Waals surface area contributed by atoms with Crippen LogP contribution in [0.25, 0.3) is 0 Å². The third kappa shape index (κ3) is 3.24. The molecule has 1 aromatic rings. The number of rotatable bonds is 4. The van der Waals surface area contributed by atoms with Crippen LogP contribution in [0.4, 0.5) is 0 Å². The Kier molecular flexibility index (Phi) is 4.29. The summed E-state index contributed by atoms with van der Waals surface area (Å²) in [4.78, 5) is 0.863. The van der Waals surface area contributed by atoms with Crippen LogP contribution in [0.3, 0.4) is 0 Å². The van der Waals surface area contributed by atoms with Crippen LogP contribution in [0.15, 0.2) is 29.2 Å². The van der Waals surface area contributed by atoms with Crippen LogP contribution in [-0.4, -0.2) is 21.2 Å². The van der Waals surface area contributed by atoms with E-state index in [1.807, 2.05) is 31.2 Å². The summed E-state index contributed by atoms with van der Waals surface area (Å²) in [6.07, 6.45) is 0.330. The number of hydrogen-bond acceptors (Lipinski definition) is 2. The lowest BCUT2D eigenvalue weighted by atomic mass is 10.1. The van der Waals surface area contributed by atoms with E-state index in [0.717, 1.165) is 10.5 Å². The predicted molar refractivity (Wildman–Crippen MR) is 58.8 cm³/mol. The first-order chi connectivity index (χ1) is 6.63. The van der Waals surface area contributed by atoms with Gasteiger partial charge < -0.3 is 5.11 Å². The molecule has 0 amide bonds. The molecular formula is C11H16O2S. The summed E-state index contributed by atoms with van der Waals surface area (Å²) in [6.45, 7) is 3.66. The van der Waals surface area contributed by atoms with E-state index in [1.54, 1.807) is 6.92 Å². The van der Waals surface area contributed by atoms with E-state index in [4.69, 9.17) is 0 Å². The van der Waals surface area contributed by atoms with Gasteiger partial charge >= 0.3 is 0 Å². The monoisotopic (exact) mass is 212 g/mol. The van der Waals surface area contributed by atoms with Crippen LogP contribution in [0.1, 0.15) is 19.4 Å². The van der Waals surface area contributed by atoms with E-state index in [1.165, 1.54) is 0 Å². The molecule has 0 aromatic heterocycles. The molecule has 2 atom stereocenters. The van der Waals surface area contributed by atoms with Crippen molar-refractivity contribution in [3.05, 3.63) is 29.8 Å². The molecule has 0 aliphatic rings. The van der Waals surface area contributed by atoms with Crippen molar-refractivity contribution < 1.29 is 9.32 Å². The Bertz CT molecular complexity index is 304. The molecule has 1 aromatic carbocycles. The van der Waals surface area contributed by atoms with Crippen molar-refractivity contribution in [2.24, 2.45) is 0 Å². The van der Waals surface area contributed by atoms with Crippen molar-refractivity contribution in [2.75, 3.05) is 5.75 Å². The number of benzene rings is 1. The van der Waals surface area contributed by atoms with Crippen LogP contribution in [0.5, 0.6) is 0 Å². The Morgan fingerprint density at radius 3 is 2.36 bits per heavy atom. The van der Waals surface area contributed by atoms with Crippen molar-refractivity contribution in [3.8, 4) is 0 Å². The number of aliphatic hydroxyl groups is 1. The van der Waals surface area contributed by atoms with Crippen LogP contribution >= 0.6 is 0 Å². The van der Waals surface area contributed by atoms with Crippen LogP contribution in [0.2, 0.25) is 0 Å². The molecular weight excluding hydrogens is 196 g/mol. The molecule has 2 nitrogen and oxygen atoms in total. The van der Waals surface area contributed by atoms with Gasteiger partial charge in [-0.25, -0.2) is 0 Å². The fourth-order valence-corrected chi connectivity index (χ4v) is 2.06. The molecule has 78 valence electrons. The van der Waals surface area contributed by atoms with Gasteiger partial charge in [-0.05, 0) is 31.0 Å². The van der Waals surface area contributed by atoms with Gasteiger partial charge in [0.1, 0.15) is 0 Å². The zero-order valence-corrected chi connectivity index (χ0v) is 9.38. The van der Waals surface area contributed by atoms with Crippen molar-refractivity contribution >= 4 is 10.8 Å². The number of hydrogen-bond donors (Lipinski definition) is 1. The van der Waals surface area contributed by atoms with Crippen molar-refractivity contribution in [1.29, 1.82) is 0 Å². The van der Waals surface area contributed by atoms with Gasteiger partial charge in [0.05, 0.1) is 16.9 Å². The standard InChI is InChI=1S/C11H16O2S/c1-3-14(13)11-6-4-10(5-7-11)8-9(2)12/h4-7,9,12H,3,8H2,1-2H3/t9-,14?/m0/s1. The zero-order valence-electron chi connectivity index (χ0n) is 8.56. The molecule has 0 spiro atoms. The first-order valence-corrected chi connectivity index (χ1v) is 6.10. The second kappa shape index (κ2) is 5.27. The molecule has 3 heteroatoms. The molecule has 0 saturated heterocycles. The molecule has 0 fully saturated rings. The fourth-order valence-electron chi connectivity index (χ4n) is 1.29. The zero-order chi connectivity index (χ0) is 10.6. The highest BCUT2D eigenvalue weighted by molar-refractivity contribution is 7.85. The summed E-state index contributed by atoms with van der Waals surface area (Å²) >= 11 is 0. The normalized spacial score (nSPS) is 15.1. The van der Waals surface area contributed by atoms with Gasteiger partial charge in [0.25, 0.3) is 0 Å².